The van der Waals surface area contributed by atoms with Gasteiger partial charge in [0.2, 0.25) is 5.91 Å². The van der Waals surface area contributed by atoms with Crippen molar-refractivity contribution in [1.82, 2.24) is 15.1 Å². The van der Waals surface area contributed by atoms with Crippen molar-refractivity contribution in [2.24, 2.45) is 0 Å². The van der Waals surface area contributed by atoms with Crippen LogP contribution in [0.5, 0.6) is 0 Å². The van der Waals surface area contributed by atoms with E-state index < -0.39 is 0 Å². The highest BCUT2D eigenvalue weighted by molar-refractivity contribution is 8.23. The molecule has 1 unspecified atom stereocenters. The molecule has 1 atom stereocenters. The summed E-state index contributed by atoms with van der Waals surface area (Å²) in [4.78, 5) is 16.5. The third kappa shape index (κ3) is 5.26. The first kappa shape index (κ1) is 17.2. The molecule has 1 aromatic carbocycles. The molecule has 1 heterocycles. The van der Waals surface area contributed by atoms with E-state index in [1.165, 1.54) is 11.8 Å². The fourth-order valence-corrected chi connectivity index (χ4v) is 3.38. The van der Waals surface area contributed by atoms with Gasteiger partial charge in [0.05, 0.1) is 11.8 Å². The monoisotopic (exact) mass is 337 g/mol. The van der Waals surface area contributed by atoms with Crippen LogP contribution in [0.3, 0.4) is 0 Å². The number of carbonyl (C=O) groups excluding carboxylic acids is 1. The van der Waals surface area contributed by atoms with E-state index in [2.05, 4.69) is 22.2 Å². The molecule has 1 saturated heterocycles. The number of nitrogens with one attached hydrogen (secondary N) is 1. The highest BCUT2D eigenvalue weighted by Crippen LogP contribution is 2.14. The Hall–Kier alpha value is -1.11. The summed E-state index contributed by atoms with van der Waals surface area (Å²) in [6, 6.07) is 10.00. The lowest BCUT2D eigenvalue weighted by Crippen LogP contribution is -2.46. The molecule has 1 fully saturated rings. The first-order chi connectivity index (χ1) is 10.6. The highest BCUT2D eigenvalue weighted by atomic mass is 32.2. The molecule has 22 heavy (non-hydrogen) atoms. The minimum absolute atomic E-state index is 0.0199. The number of nitrogens with zero attached hydrogens (tertiary/aromatic N) is 2. The first-order valence-electron chi connectivity index (χ1n) is 7.51. The van der Waals surface area contributed by atoms with Crippen molar-refractivity contribution < 1.29 is 4.79 Å². The topological polar surface area (TPSA) is 35.6 Å². The number of piperazine rings is 1. The Bertz CT molecular complexity index is 501. The molecule has 0 aromatic heterocycles. The van der Waals surface area contributed by atoms with E-state index in [1.54, 1.807) is 0 Å². The van der Waals surface area contributed by atoms with Gasteiger partial charge >= 0.3 is 0 Å². The lowest BCUT2D eigenvalue weighted by Gasteiger charge is -2.33. The van der Waals surface area contributed by atoms with Crippen molar-refractivity contribution in [3.63, 3.8) is 0 Å². The van der Waals surface area contributed by atoms with Gasteiger partial charge in [0.1, 0.15) is 4.32 Å². The SMILES string of the molecule is CC(NC(=O)CSC(=S)N1CCN(C)CC1)c1ccccc1. The molecule has 2 rings (SSSR count). The molecule has 0 saturated carbocycles. The van der Waals surface area contributed by atoms with Crippen molar-refractivity contribution in [3.8, 4) is 0 Å². The van der Waals surface area contributed by atoms with Crippen LogP contribution in [0.4, 0.5) is 0 Å². The summed E-state index contributed by atoms with van der Waals surface area (Å²) < 4.78 is 0.829. The Kier molecular flexibility index (Phi) is 6.67. The summed E-state index contributed by atoms with van der Waals surface area (Å²) >= 11 is 6.88. The summed E-state index contributed by atoms with van der Waals surface area (Å²) in [5.74, 6) is 0.403. The summed E-state index contributed by atoms with van der Waals surface area (Å²) in [5.41, 5.74) is 1.11. The number of thiocarbonyl (C=S) groups is 1. The molecule has 4 nitrogen and oxygen atoms in total. The zero-order chi connectivity index (χ0) is 15.9. The molecule has 1 aliphatic rings. The van der Waals surface area contributed by atoms with Crippen LogP contribution in [0.15, 0.2) is 30.3 Å². The minimum atomic E-state index is 0.0199. The van der Waals surface area contributed by atoms with Crippen LogP contribution in [0.1, 0.15) is 18.5 Å². The average molecular weight is 338 g/mol. The standard InChI is InChI=1S/C16H23N3OS2/c1-13(14-6-4-3-5-7-14)17-15(20)12-22-16(21)19-10-8-18(2)9-11-19/h3-7,13H,8-12H2,1-2H3,(H,17,20). The molecule has 1 amide bonds. The third-order valence-electron chi connectivity index (χ3n) is 3.77. The number of carbonyl (C=O) groups is 1. The lowest BCUT2D eigenvalue weighted by molar-refractivity contribution is -0.119. The van der Waals surface area contributed by atoms with E-state index >= 15 is 0 Å². The van der Waals surface area contributed by atoms with E-state index in [0.717, 1.165) is 36.1 Å². The largest absolute Gasteiger partial charge is 0.355 e. The number of rotatable bonds is 4. The molecular weight excluding hydrogens is 314 g/mol. The van der Waals surface area contributed by atoms with Gasteiger partial charge in [0, 0.05) is 26.2 Å². The maximum atomic E-state index is 12.0. The molecule has 0 spiro atoms. The van der Waals surface area contributed by atoms with E-state index in [9.17, 15) is 4.79 Å². The van der Waals surface area contributed by atoms with Gasteiger partial charge in [0.15, 0.2) is 0 Å². The van der Waals surface area contributed by atoms with Gasteiger partial charge in [-0.05, 0) is 19.5 Å². The molecular formula is C16H23N3OS2. The Labute approximate surface area is 142 Å². The Morgan fingerprint density at radius 3 is 2.55 bits per heavy atom. The van der Waals surface area contributed by atoms with Crippen molar-refractivity contribution in [2.45, 2.75) is 13.0 Å². The fourth-order valence-electron chi connectivity index (χ4n) is 2.32. The first-order valence-corrected chi connectivity index (χ1v) is 8.90. The molecule has 6 heteroatoms. The average Bonchev–Trinajstić information content (AvgIpc) is 2.54. The summed E-state index contributed by atoms with van der Waals surface area (Å²) in [6.45, 7) is 5.95. The second-order valence-electron chi connectivity index (χ2n) is 5.54. The van der Waals surface area contributed by atoms with Crippen LogP contribution in [-0.2, 0) is 4.79 Å². The van der Waals surface area contributed by atoms with Crippen molar-refractivity contribution in [3.05, 3.63) is 35.9 Å². The molecule has 1 aliphatic heterocycles. The predicted octanol–water partition coefficient (Wildman–Crippen LogP) is 2.13. The fraction of sp³-hybridized carbons (Fsp3) is 0.500. The normalized spacial score (nSPS) is 17.1. The zero-order valence-electron chi connectivity index (χ0n) is 13.1. The van der Waals surface area contributed by atoms with Crippen molar-refractivity contribution >= 4 is 34.2 Å². The summed E-state index contributed by atoms with van der Waals surface area (Å²) in [6.07, 6.45) is 0. The Morgan fingerprint density at radius 2 is 1.91 bits per heavy atom. The maximum Gasteiger partial charge on any atom is 0.230 e. The van der Waals surface area contributed by atoms with Gasteiger partial charge < -0.3 is 15.1 Å². The van der Waals surface area contributed by atoms with Crippen LogP contribution in [0.25, 0.3) is 0 Å². The van der Waals surface area contributed by atoms with E-state index in [0.29, 0.717) is 5.75 Å². The lowest BCUT2D eigenvalue weighted by atomic mass is 10.1. The summed E-state index contributed by atoms with van der Waals surface area (Å²) in [5, 5.41) is 3.02. The van der Waals surface area contributed by atoms with Crippen LogP contribution in [0.2, 0.25) is 0 Å². The Morgan fingerprint density at radius 1 is 1.27 bits per heavy atom. The number of thioether (sulfide) groups is 1. The quantitative estimate of drug-likeness (QED) is 0.852. The van der Waals surface area contributed by atoms with Crippen LogP contribution in [0, 0.1) is 0 Å². The van der Waals surface area contributed by atoms with E-state index in [-0.39, 0.29) is 11.9 Å². The summed E-state index contributed by atoms with van der Waals surface area (Å²) in [7, 11) is 2.12. The predicted molar refractivity (Wildman–Crippen MR) is 97.1 cm³/mol. The highest BCUT2D eigenvalue weighted by Gasteiger charge is 2.18. The number of amides is 1. The molecule has 1 aromatic rings. The number of likely N-dealkylation sites (N-methyl/N-ethyl adjacent to an activating group) is 1. The number of hydrogen-bond donors (Lipinski definition) is 1. The number of benzene rings is 1. The molecule has 0 bridgehead atoms. The third-order valence-corrected chi connectivity index (χ3v) is 5.29. The number of hydrogen-bond acceptors (Lipinski definition) is 4. The maximum absolute atomic E-state index is 12.0. The smallest absolute Gasteiger partial charge is 0.230 e. The Balaban J connectivity index is 1.72. The molecule has 1 N–H and O–H groups in total. The van der Waals surface area contributed by atoms with Gasteiger partial charge in [-0.2, -0.15) is 0 Å². The van der Waals surface area contributed by atoms with Crippen molar-refractivity contribution in [2.75, 3.05) is 39.0 Å². The van der Waals surface area contributed by atoms with Gasteiger partial charge in [-0.1, -0.05) is 54.3 Å². The van der Waals surface area contributed by atoms with Gasteiger partial charge in [0.25, 0.3) is 0 Å². The van der Waals surface area contributed by atoms with Gasteiger partial charge in [-0.3, -0.25) is 4.79 Å². The van der Waals surface area contributed by atoms with Gasteiger partial charge in [-0.15, -0.1) is 0 Å². The van der Waals surface area contributed by atoms with Crippen LogP contribution < -0.4 is 5.32 Å². The van der Waals surface area contributed by atoms with Crippen molar-refractivity contribution in [1.29, 1.82) is 0 Å². The van der Waals surface area contributed by atoms with Crippen LogP contribution >= 0.6 is 24.0 Å². The minimum Gasteiger partial charge on any atom is -0.355 e. The molecule has 0 radical (unpaired) electrons. The van der Waals surface area contributed by atoms with Crippen LogP contribution in [-0.4, -0.2) is 59.0 Å². The van der Waals surface area contributed by atoms with E-state index in [1.807, 2.05) is 37.3 Å². The second-order valence-corrected chi connectivity index (χ2v) is 7.15. The molecule has 0 aliphatic carbocycles. The van der Waals surface area contributed by atoms with E-state index in [4.69, 9.17) is 12.2 Å². The second kappa shape index (κ2) is 8.50. The zero-order valence-corrected chi connectivity index (χ0v) is 14.8. The van der Waals surface area contributed by atoms with Gasteiger partial charge in [-0.25, -0.2) is 0 Å². The molecule has 120 valence electrons.